The molecule has 1 unspecified atom stereocenters. The first kappa shape index (κ1) is 12.8. The number of hydrogen-bond donors (Lipinski definition) is 1. The van der Waals surface area contributed by atoms with Crippen LogP contribution in [0, 0.1) is 11.6 Å². The first-order valence-electron chi connectivity index (χ1n) is 5.85. The highest BCUT2D eigenvalue weighted by Gasteiger charge is 2.06. The molecular formula is C14H15F2NO. The van der Waals surface area contributed by atoms with Crippen LogP contribution in [0.2, 0.25) is 0 Å². The minimum Gasteiger partial charge on any atom is -0.469 e. The maximum Gasteiger partial charge on any atom is 0.159 e. The third-order valence-corrected chi connectivity index (χ3v) is 2.73. The van der Waals surface area contributed by atoms with Crippen LogP contribution < -0.4 is 5.32 Å². The Morgan fingerprint density at radius 2 is 2.06 bits per heavy atom. The highest BCUT2D eigenvalue weighted by Crippen LogP contribution is 2.09. The summed E-state index contributed by atoms with van der Waals surface area (Å²) in [5.74, 6) is -0.726. The molecule has 4 heteroatoms. The summed E-state index contributed by atoms with van der Waals surface area (Å²) in [6.07, 6.45) is 2.40. The topological polar surface area (TPSA) is 25.2 Å². The van der Waals surface area contributed by atoms with E-state index in [-0.39, 0.29) is 6.04 Å². The molecule has 0 saturated heterocycles. The van der Waals surface area contributed by atoms with E-state index in [9.17, 15) is 8.78 Å². The van der Waals surface area contributed by atoms with Crippen molar-refractivity contribution in [1.29, 1.82) is 0 Å². The zero-order valence-electron chi connectivity index (χ0n) is 10.1. The van der Waals surface area contributed by atoms with Crippen molar-refractivity contribution >= 4 is 0 Å². The summed E-state index contributed by atoms with van der Waals surface area (Å²) >= 11 is 0. The highest BCUT2D eigenvalue weighted by atomic mass is 19.2. The summed E-state index contributed by atoms with van der Waals surface area (Å²) in [6.45, 7) is 2.52. The normalized spacial score (nSPS) is 12.6. The van der Waals surface area contributed by atoms with Crippen LogP contribution >= 0.6 is 0 Å². The molecule has 1 atom stereocenters. The van der Waals surface area contributed by atoms with E-state index in [1.54, 1.807) is 12.3 Å². The van der Waals surface area contributed by atoms with Crippen molar-refractivity contribution in [2.45, 2.75) is 25.9 Å². The summed E-state index contributed by atoms with van der Waals surface area (Å²) < 4.78 is 31.0. The van der Waals surface area contributed by atoms with Crippen LogP contribution in [0.4, 0.5) is 8.78 Å². The second kappa shape index (κ2) is 5.78. The van der Waals surface area contributed by atoms with Crippen molar-refractivity contribution < 1.29 is 13.2 Å². The van der Waals surface area contributed by atoms with Crippen LogP contribution in [0.15, 0.2) is 41.0 Å². The van der Waals surface area contributed by atoms with Gasteiger partial charge in [-0.25, -0.2) is 8.78 Å². The zero-order chi connectivity index (χ0) is 13.0. The fourth-order valence-electron chi connectivity index (χ4n) is 1.74. The number of benzene rings is 1. The third kappa shape index (κ3) is 3.40. The van der Waals surface area contributed by atoms with Crippen LogP contribution in [0.1, 0.15) is 18.2 Å². The quantitative estimate of drug-likeness (QED) is 0.882. The molecule has 1 heterocycles. The number of halogens is 2. The van der Waals surface area contributed by atoms with E-state index < -0.39 is 11.6 Å². The number of hydrogen-bond acceptors (Lipinski definition) is 2. The lowest BCUT2D eigenvalue weighted by Crippen LogP contribution is -2.27. The Balaban J connectivity index is 1.85. The SMILES string of the molecule is CC(Cc1ccco1)NCc1ccc(F)c(F)c1. The lowest BCUT2D eigenvalue weighted by atomic mass is 10.1. The van der Waals surface area contributed by atoms with Gasteiger partial charge in [-0.05, 0) is 36.8 Å². The smallest absolute Gasteiger partial charge is 0.159 e. The molecule has 0 saturated carbocycles. The van der Waals surface area contributed by atoms with E-state index in [2.05, 4.69) is 5.32 Å². The molecule has 0 aliphatic rings. The average Bonchev–Trinajstić information content (AvgIpc) is 2.83. The molecular weight excluding hydrogens is 236 g/mol. The molecule has 2 aromatic rings. The number of nitrogens with one attached hydrogen (secondary N) is 1. The van der Waals surface area contributed by atoms with Crippen LogP contribution in [-0.2, 0) is 13.0 Å². The highest BCUT2D eigenvalue weighted by molar-refractivity contribution is 5.17. The third-order valence-electron chi connectivity index (χ3n) is 2.73. The molecule has 1 aromatic carbocycles. The van der Waals surface area contributed by atoms with Crippen LogP contribution in [0.5, 0.6) is 0 Å². The predicted molar refractivity (Wildman–Crippen MR) is 65.1 cm³/mol. The van der Waals surface area contributed by atoms with Crippen molar-refractivity contribution in [3.05, 3.63) is 59.6 Å². The van der Waals surface area contributed by atoms with Gasteiger partial charge in [0, 0.05) is 19.0 Å². The Hall–Kier alpha value is -1.68. The molecule has 18 heavy (non-hydrogen) atoms. The second-order valence-electron chi connectivity index (χ2n) is 4.31. The van der Waals surface area contributed by atoms with Gasteiger partial charge in [0.2, 0.25) is 0 Å². The second-order valence-corrected chi connectivity index (χ2v) is 4.31. The van der Waals surface area contributed by atoms with Crippen molar-refractivity contribution in [3.63, 3.8) is 0 Å². The lowest BCUT2D eigenvalue weighted by Gasteiger charge is -2.12. The molecule has 0 aliphatic carbocycles. The van der Waals surface area contributed by atoms with Gasteiger partial charge in [-0.1, -0.05) is 6.07 Å². The van der Waals surface area contributed by atoms with Crippen LogP contribution in [0.25, 0.3) is 0 Å². The number of furan rings is 1. The maximum atomic E-state index is 13.0. The van der Waals surface area contributed by atoms with E-state index in [0.29, 0.717) is 6.54 Å². The molecule has 96 valence electrons. The maximum absolute atomic E-state index is 13.0. The standard InChI is InChI=1S/C14H15F2NO/c1-10(7-12-3-2-6-18-12)17-9-11-4-5-13(15)14(16)8-11/h2-6,8,10,17H,7,9H2,1H3. The van der Waals surface area contributed by atoms with Gasteiger partial charge in [0.15, 0.2) is 11.6 Å². The lowest BCUT2D eigenvalue weighted by molar-refractivity contribution is 0.455. The van der Waals surface area contributed by atoms with Crippen LogP contribution in [-0.4, -0.2) is 6.04 Å². The Kier molecular flexibility index (Phi) is 4.10. The minimum atomic E-state index is -0.817. The van der Waals surface area contributed by atoms with Gasteiger partial charge in [-0.3, -0.25) is 0 Å². The van der Waals surface area contributed by atoms with Gasteiger partial charge >= 0.3 is 0 Å². The summed E-state index contributed by atoms with van der Waals surface area (Å²) in [5, 5.41) is 3.23. The molecule has 0 spiro atoms. The summed E-state index contributed by atoms with van der Waals surface area (Å²) in [7, 11) is 0. The molecule has 2 rings (SSSR count). The molecule has 0 fully saturated rings. The molecule has 0 aliphatic heterocycles. The molecule has 2 nitrogen and oxygen atoms in total. The van der Waals surface area contributed by atoms with E-state index in [1.807, 2.05) is 19.1 Å². The minimum absolute atomic E-state index is 0.198. The predicted octanol–water partition coefficient (Wildman–Crippen LogP) is 3.28. The monoisotopic (exact) mass is 251 g/mol. The van der Waals surface area contributed by atoms with Gasteiger partial charge in [0.05, 0.1) is 6.26 Å². The Morgan fingerprint density at radius 1 is 1.22 bits per heavy atom. The molecule has 0 radical (unpaired) electrons. The van der Waals surface area contributed by atoms with Crippen molar-refractivity contribution in [3.8, 4) is 0 Å². The Bertz CT molecular complexity index is 497. The molecule has 1 aromatic heterocycles. The molecule has 0 amide bonds. The van der Waals surface area contributed by atoms with E-state index >= 15 is 0 Å². The van der Waals surface area contributed by atoms with E-state index in [0.717, 1.165) is 23.8 Å². The van der Waals surface area contributed by atoms with E-state index in [4.69, 9.17) is 4.42 Å². The summed E-state index contributed by atoms with van der Waals surface area (Å²) in [6, 6.07) is 7.88. The Labute approximate surface area is 105 Å². The van der Waals surface area contributed by atoms with E-state index in [1.165, 1.54) is 6.07 Å². The van der Waals surface area contributed by atoms with Crippen LogP contribution in [0.3, 0.4) is 0 Å². The average molecular weight is 251 g/mol. The summed E-state index contributed by atoms with van der Waals surface area (Å²) in [4.78, 5) is 0. The number of rotatable bonds is 5. The van der Waals surface area contributed by atoms with Crippen molar-refractivity contribution in [2.75, 3.05) is 0 Å². The van der Waals surface area contributed by atoms with Gasteiger partial charge in [-0.2, -0.15) is 0 Å². The van der Waals surface area contributed by atoms with Gasteiger partial charge in [0.1, 0.15) is 5.76 Å². The first-order valence-corrected chi connectivity index (χ1v) is 5.85. The van der Waals surface area contributed by atoms with Gasteiger partial charge < -0.3 is 9.73 Å². The zero-order valence-corrected chi connectivity index (χ0v) is 10.1. The fourth-order valence-corrected chi connectivity index (χ4v) is 1.74. The first-order chi connectivity index (χ1) is 8.65. The largest absolute Gasteiger partial charge is 0.469 e. The van der Waals surface area contributed by atoms with Gasteiger partial charge in [0.25, 0.3) is 0 Å². The Morgan fingerprint density at radius 3 is 2.72 bits per heavy atom. The fraction of sp³-hybridized carbons (Fsp3) is 0.286. The van der Waals surface area contributed by atoms with Crippen molar-refractivity contribution in [2.24, 2.45) is 0 Å². The summed E-state index contributed by atoms with van der Waals surface area (Å²) in [5.41, 5.74) is 0.722. The van der Waals surface area contributed by atoms with Crippen molar-refractivity contribution in [1.82, 2.24) is 5.32 Å². The van der Waals surface area contributed by atoms with Gasteiger partial charge in [-0.15, -0.1) is 0 Å². The molecule has 0 bridgehead atoms. The molecule has 1 N–H and O–H groups in total.